The first-order chi connectivity index (χ1) is 10.3. The van der Waals surface area contributed by atoms with E-state index in [-0.39, 0.29) is 35.1 Å². The Morgan fingerprint density at radius 1 is 0.773 bits per heavy atom. The predicted octanol–water partition coefficient (Wildman–Crippen LogP) is 0.885. The lowest BCUT2D eigenvalue weighted by Crippen LogP contribution is -2.24. The molecule has 2 aliphatic heterocycles. The van der Waals surface area contributed by atoms with Gasteiger partial charge in [0.25, 0.3) is 0 Å². The quantitative estimate of drug-likeness (QED) is 0.842. The van der Waals surface area contributed by atoms with E-state index in [4.69, 9.17) is 0 Å². The highest BCUT2D eigenvalue weighted by Gasteiger charge is 2.30. The van der Waals surface area contributed by atoms with Crippen molar-refractivity contribution in [3.8, 4) is 0 Å². The zero-order chi connectivity index (χ0) is 15.8. The molecule has 0 amide bonds. The van der Waals surface area contributed by atoms with Crippen LogP contribution in [-0.4, -0.2) is 51.9 Å². The first-order valence-electron chi connectivity index (χ1n) is 7.36. The molecule has 2 atom stereocenters. The Labute approximate surface area is 131 Å². The van der Waals surface area contributed by atoms with Crippen LogP contribution in [0.3, 0.4) is 0 Å². The summed E-state index contributed by atoms with van der Waals surface area (Å²) in [4.78, 5) is 0. The van der Waals surface area contributed by atoms with Gasteiger partial charge in [0.1, 0.15) is 0 Å². The van der Waals surface area contributed by atoms with Crippen molar-refractivity contribution in [3.63, 3.8) is 0 Å². The molecule has 1 aromatic carbocycles. The molecule has 0 aliphatic carbocycles. The molecule has 2 aliphatic rings. The summed E-state index contributed by atoms with van der Waals surface area (Å²) in [7, 11) is -5.86. The lowest BCUT2D eigenvalue weighted by atomic mass is 10.2. The minimum absolute atomic E-state index is 0.0831. The predicted molar refractivity (Wildman–Crippen MR) is 87.8 cm³/mol. The van der Waals surface area contributed by atoms with Crippen LogP contribution in [0.1, 0.15) is 12.8 Å². The molecule has 0 aromatic heterocycles. The summed E-state index contributed by atoms with van der Waals surface area (Å²) in [6.07, 6.45) is 1.21. The molecule has 22 heavy (non-hydrogen) atoms. The summed E-state index contributed by atoms with van der Waals surface area (Å²) < 4.78 is 46.2. The van der Waals surface area contributed by atoms with Crippen LogP contribution in [0.25, 0.3) is 0 Å². The molecular formula is C14H20N2O4S2. The lowest BCUT2D eigenvalue weighted by Gasteiger charge is -2.19. The second-order valence-corrected chi connectivity index (χ2v) is 10.5. The Kier molecular flexibility index (Phi) is 4.07. The van der Waals surface area contributed by atoms with E-state index in [9.17, 15) is 16.8 Å². The first kappa shape index (κ1) is 15.6. The van der Waals surface area contributed by atoms with Gasteiger partial charge in [-0.3, -0.25) is 0 Å². The summed E-state index contributed by atoms with van der Waals surface area (Å²) >= 11 is 0. The third-order valence-corrected chi connectivity index (χ3v) is 7.65. The number of benzene rings is 1. The summed E-state index contributed by atoms with van der Waals surface area (Å²) in [6.45, 7) is 0. The molecule has 0 radical (unpaired) electrons. The van der Waals surface area contributed by atoms with Crippen LogP contribution >= 0.6 is 0 Å². The van der Waals surface area contributed by atoms with E-state index in [2.05, 4.69) is 10.6 Å². The van der Waals surface area contributed by atoms with Gasteiger partial charge in [0.15, 0.2) is 19.7 Å². The molecule has 8 heteroatoms. The first-order valence-corrected chi connectivity index (χ1v) is 11.0. The number of anilines is 2. The van der Waals surface area contributed by atoms with Gasteiger partial charge in [0.05, 0.1) is 34.4 Å². The largest absolute Gasteiger partial charge is 0.380 e. The summed E-state index contributed by atoms with van der Waals surface area (Å²) in [5, 5.41) is 6.54. The zero-order valence-corrected chi connectivity index (χ0v) is 13.8. The molecule has 0 unspecified atom stereocenters. The van der Waals surface area contributed by atoms with Gasteiger partial charge in [-0.2, -0.15) is 0 Å². The minimum atomic E-state index is -2.93. The maximum Gasteiger partial charge on any atom is 0.152 e. The monoisotopic (exact) mass is 344 g/mol. The van der Waals surface area contributed by atoms with Crippen LogP contribution in [0.2, 0.25) is 0 Å². The van der Waals surface area contributed by atoms with Gasteiger partial charge in [-0.15, -0.1) is 0 Å². The molecule has 122 valence electrons. The van der Waals surface area contributed by atoms with Crippen molar-refractivity contribution in [3.05, 3.63) is 24.3 Å². The van der Waals surface area contributed by atoms with Crippen LogP contribution in [0.15, 0.2) is 24.3 Å². The Morgan fingerprint density at radius 2 is 1.18 bits per heavy atom. The minimum Gasteiger partial charge on any atom is -0.380 e. The van der Waals surface area contributed by atoms with E-state index in [1.807, 2.05) is 24.3 Å². The van der Waals surface area contributed by atoms with E-state index in [0.29, 0.717) is 12.8 Å². The number of rotatable bonds is 4. The van der Waals surface area contributed by atoms with Crippen molar-refractivity contribution in [1.82, 2.24) is 0 Å². The summed E-state index contributed by atoms with van der Waals surface area (Å²) in [5.74, 6) is 0.751. The highest BCUT2D eigenvalue weighted by molar-refractivity contribution is 7.91. The Bertz CT molecular complexity index is 694. The van der Waals surface area contributed by atoms with Gasteiger partial charge in [0, 0.05) is 12.1 Å². The van der Waals surface area contributed by atoms with Crippen LogP contribution in [0.5, 0.6) is 0 Å². The molecule has 2 fully saturated rings. The molecule has 3 rings (SSSR count). The number of sulfone groups is 2. The molecule has 1 aromatic rings. The molecule has 2 saturated heterocycles. The van der Waals surface area contributed by atoms with Crippen molar-refractivity contribution in [2.75, 3.05) is 33.6 Å². The Hall–Kier alpha value is -1.28. The number of para-hydroxylation sites is 2. The van der Waals surface area contributed by atoms with Crippen molar-refractivity contribution < 1.29 is 16.8 Å². The highest BCUT2D eigenvalue weighted by Crippen LogP contribution is 2.27. The van der Waals surface area contributed by atoms with Gasteiger partial charge in [0.2, 0.25) is 0 Å². The van der Waals surface area contributed by atoms with Crippen molar-refractivity contribution in [1.29, 1.82) is 0 Å². The molecule has 2 heterocycles. The van der Waals surface area contributed by atoms with Crippen LogP contribution in [-0.2, 0) is 19.7 Å². The standard InChI is InChI=1S/C14H20N2O4S2/c17-21(18)7-5-11(9-21)15-13-3-1-2-4-14(13)16-12-6-8-22(19,20)10-12/h1-4,11-12,15-16H,5-10H2/t11-,12-/m0/s1. The Morgan fingerprint density at radius 3 is 1.50 bits per heavy atom. The van der Waals surface area contributed by atoms with Crippen LogP contribution < -0.4 is 10.6 Å². The molecular weight excluding hydrogens is 324 g/mol. The second kappa shape index (κ2) is 5.73. The average molecular weight is 344 g/mol. The third kappa shape index (κ3) is 3.73. The fourth-order valence-corrected chi connectivity index (χ4v) is 6.34. The average Bonchev–Trinajstić information content (AvgIpc) is 2.94. The molecule has 0 bridgehead atoms. The van der Waals surface area contributed by atoms with Crippen LogP contribution in [0, 0.1) is 0 Å². The maximum absolute atomic E-state index is 11.5. The van der Waals surface area contributed by atoms with Crippen molar-refractivity contribution in [2.45, 2.75) is 24.9 Å². The second-order valence-electron chi connectivity index (χ2n) is 6.03. The van der Waals surface area contributed by atoms with E-state index < -0.39 is 19.7 Å². The molecule has 0 saturated carbocycles. The third-order valence-electron chi connectivity index (χ3n) is 4.11. The van der Waals surface area contributed by atoms with Gasteiger partial charge >= 0.3 is 0 Å². The van der Waals surface area contributed by atoms with Crippen LogP contribution in [0.4, 0.5) is 11.4 Å². The van der Waals surface area contributed by atoms with Gasteiger partial charge < -0.3 is 10.6 Å². The van der Waals surface area contributed by atoms with E-state index in [1.54, 1.807) is 0 Å². The molecule has 6 nitrogen and oxygen atoms in total. The highest BCUT2D eigenvalue weighted by atomic mass is 32.2. The fraction of sp³-hybridized carbons (Fsp3) is 0.571. The normalized spacial score (nSPS) is 29.3. The van der Waals surface area contributed by atoms with Gasteiger partial charge in [-0.1, -0.05) is 12.1 Å². The van der Waals surface area contributed by atoms with Gasteiger partial charge in [-0.25, -0.2) is 16.8 Å². The topological polar surface area (TPSA) is 92.3 Å². The Balaban J connectivity index is 1.71. The zero-order valence-electron chi connectivity index (χ0n) is 12.2. The molecule has 0 spiro atoms. The van der Waals surface area contributed by atoms with Crippen molar-refractivity contribution in [2.24, 2.45) is 0 Å². The molecule has 2 N–H and O–H groups in total. The number of hydrogen-bond donors (Lipinski definition) is 2. The maximum atomic E-state index is 11.5. The van der Waals surface area contributed by atoms with E-state index in [1.165, 1.54) is 0 Å². The van der Waals surface area contributed by atoms with E-state index in [0.717, 1.165) is 11.4 Å². The summed E-state index contributed by atoms with van der Waals surface area (Å²) in [6, 6.07) is 7.36. The number of hydrogen-bond acceptors (Lipinski definition) is 6. The fourth-order valence-electron chi connectivity index (χ4n) is 2.99. The van der Waals surface area contributed by atoms with E-state index >= 15 is 0 Å². The SMILES string of the molecule is O=S1(=O)CC[C@H](Nc2ccccc2N[C@H]2CCS(=O)(=O)C2)C1. The van der Waals surface area contributed by atoms with Crippen molar-refractivity contribution >= 4 is 31.0 Å². The number of nitrogens with one attached hydrogen (secondary N) is 2. The smallest absolute Gasteiger partial charge is 0.152 e. The van der Waals surface area contributed by atoms with Gasteiger partial charge in [-0.05, 0) is 25.0 Å². The summed E-state index contributed by atoms with van der Waals surface area (Å²) in [5.41, 5.74) is 1.66. The lowest BCUT2D eigenvalue weighted by molar-refractivity contribution is 0.600.